The largest absolute Gasteiger partial charge is 0.330 e. The second kappa shape index (κ2) is 9.98. The van der Waals surface area contributed by atoms with Gasteiger partial charge in [-0.15, -0.1) is 11.3 Å². The molecule has 0 radical (unpaired) electrons. The number of carbonyl (C=O) groups is 1. The number of imidazole rings is 1. The van der Waals surface area contributed by atoms with E-state index >= 15 is 0 Å². The fourth-order valence-corrected chi connectivity index (χ4v) is 4.85. The van der Waals surface area contributed by atoms with E-state index in [0.717, 1.165) is 17.5 Å². The van der Waals surface area contributed by atoms with Crippen LogP contribution in [0.3, 0.4) is 0 Å². The van der Waals surface area contributed by atoms with Gasteiger partial charge < -0.3 is 4.57 Å². The third kappa shape index (κ3) is 4.83. The first-order chi connectivity index (χ1) is 16.7. The number of hydrogen-bond donors (Lipinski definition) is 2. The second-order valence-corrected chi connectivity index (χ2v) is 9.84. The molecule has 0 atom stereocenters. The highest BCUT2D eigenvalue weighted by molar-refractivity contribution is 7.16. The third-order valence-electron chi connectivity index (χ3n) is 5.73. The maximum Gasteiger partial charge on any atom is 0.330 e. The maximum atomic E-state index is 12.8. The van der Waals surface area contributed by atoms with E-state index in [4.69, 9.17) is 0 Å². The Labute approximate surface area is 204 Å². The van der Waals surface area contributed by atoms with Crippen LogP contribution in [0.5, 0.6) is 0 Å². The van der Waals surface area contributed by atoms with E-state index in [1.807, 2.05) is 20.8 Å². The van der Waals surface area contributed by atoms with Crippen molar-refractivity contribution in [2.75, 3.05) is 5.43 Å². The number of rotatable bonds is 9. The summed E-state index contributed by atoms with van der Waals surface area (Å²) in [5.41, 5.74) is 2.00. The van der Waals surface area contributed by atoms with Crippen molar-refractivity contribution in [3.8, 4) is 0 Å². The van der Waals surface area contributed by atoms with Gasteiger partial charge in [0.15, 0.2) is 11.2 Å². The van der Waals surface area contributed by atoms with E-state index < -0.39 is 11.2 Å². The lowest BCUT2D eigenvalue weighted by atomic mass is 10.2. The fourth-order valence-electron chi connectivity index (χ4n) is 4.05. The summed E-state index contributed by atoms with van der Waals surface area (Å²) < 4.78 is 4.44. The molecule has 1 amide bonds. The molecule has 4 heterocycles. The van der Waals surface area contributed by atoms with Gasteiger partial charge in [0.25, 0.3) is 11.1 Å². The number of nitrogens with zero attached hydrogens (tertiary/aromatic N) is 5. The Balaban J connectivity index is 1.65. The number of unbranched alkanes of at least 4 members (excludes halogenated alkanes) is 1. The molecule has 0 aliphatic carbocycles. The van der Waals surface area contributed by atoms with Gasteiger partial charge in [-0.3, -0.25) is 29.4 Å². The lowest BCUT2D eigenvalue weighted by molar-refractivity contribution is -0.117. The average Bonchev–Trinajstić information content (AvgIpc) is 3.40. The Bertz CT molecular complexity index is 1570. The normalized spacial score (nSPS) is 11.7. The first kappa shape index (κ1) is 24.6. The molecule has 11 nitrogen and oxygen atoms in total. The summed E-state index contributed by atoms with van der Waals surface area (Å²) in [6.45, 7) is 8.68. The number of fused-ring (bicyclic) bond motifs is 2. The number of carbonyl (C=O) groups excluding carboxylic acids is 1. The fraction of sp³-hybridized carbons (Fsp3) is 0.478. The molecule has 0 spiro atoms. The quantitative estimate of drug-likeness (QED) is 0.362. The minimum atomic E-state index is -0.487. The molecule has 0 saturated carbocycles. The summed E-state index contributed by atoms with van der Waals surface area (Å²) in [5, 5.41) is 2.23. The van der Waals surface area contributed by atoms with E-state index in [1.54, 1.807) is 22.9 Å². The van der Waals surface area contributed by atoms with Crippen molar-refractivity contribution in [3.05, 3.63) is 54.3 Å². The predicted octanol–water partition coefficient (Wildman–Crippen LogP) is 2.13. The van der Waals surface area contributed by atoms with Crippen LogP contribution in [0.15, 0.2) is 25.8 Å². The summed E-state index contributed by atoms with van der Waals surface area (Å²) in [5.74, 6) is 0.754. The molecular weight excluding hydrogens is 470 g/mol. The maximum absolute atomic E-state index is 12.8. The van der Waals surface area contributed by atoms with Gasteiger partial charge in [-0.1, -0.05) is 27.2 Å². The molecule has 0 bridgehead atoms. The summed E-state index contributed by atoms with van der Waals surface area (Å²) in [7, 11) is 0. The van der Waals surface area contributed by atoms with Crippen LogP contribution in [0.4, 0.5) is 0 Å². The van der Waals surface area contributed by atoms with Crippen LogP contribution < -0.4 is 22.2 Å². The number of hydrogen-bond acceptors (Lipinski definition) is 7. The zero-order valence-corrected chi connectivity index (χ0v) is 21.1. The van der Waals surface area contributed by atoms with E-state index in [9.17, 15) is 19.2 Å². The Morgan fingerprint density at radius 2 is 1.97 bits per heavy atom. The van der Waals surface area contributed by atoms with Gasteiger partial charge in [0.05, 0.1) is 5.39 Å². The zero-order valence-electron chi connectivity index (χ0n) is 20.3. The summed E-state index contributed by atoms with van der Waals surface area (Å²) >= 11 is 1.37. The topological polar surface area (TPSA) is 137 Å². The van der Waals surface area contributed by atoms with Gasteiger partial charge in [0.1, 0.15) is 16.5 Å². The van der Waals surface area contributed by atoms with Crippen LogP contribution in [0.25, 0.3) is 21.4 Å². The van der Waals surface area contributed by atoms with Crippen molar-refractivity contribution in [2.45, 2.75) is 66.5 Å². The van der Waals surface area contributed by atoms with Gasteiger partial charge >= 0.3 is 5.69 Å². The van der Waals surface area contributed by atoms with Crippen LogP contribution in [0, 0.1) is 12.8 Å². The molecule has 0 fully saturated rings. The van der Waals surface area contributed by atoms with Crippen LogP contribution >= 0.6 is 11.3 Å². The molecule has 2 N–H and O–H groups in total. The van der Waals surface area contributed by atoms with Crippen molar-refractivity contribution in [2.24, 2.45) is 5.92 Å². The SMILES string of the molecule is CCCCn1c(=O)[nH]c(=O)c2c1nc(CCC(=O)Nn1c(C)nc3sccc3c1=O)n2CC(C)C. The smallest absolute Gasteiger partial charge is 0.322 e. The predicted molar refractivity (Wildman–Crippen MR) is 136 cm³/mol. The lowest BCUT2D eigenvalue weighted by Gasteiger charge is -2.13. The van der Waals surface area contributed by atoms with Gasteiger partial charge in [0.2, 0.25) is 5.91 Å². The van der Waals surface area contributed by atoms with Crippen molar-refractivity contribution in [1.82, 2.24) is 28.8 Å². The molecule has 0 saturated heterocycles. The summed E-state index contributed by atoms with van der Waals surface area (Å²) in [6.07, 6.45) is 1.92. The minimum Gasteiger partial charge on any atom is -0.322 e. The molecule has 0 aliphatic heterocycles. The molecule has 4 aromatic heterocycles. The van der Waals surface area contributed by atoms with Gasteiger partial charge in [0, 0.05) is 25.9 Å². The van der Waals surface area contributed by atoms with Gasteiger partial charge in [-0.25, -0.2) is 19.4 Å². The lowest BCUT2D eigenvalue weighted by Crippen LogP contribution is -2.35. The van der Waals surface area contributed by atoms with E-state index in [1.165, 1.54) is 15.9 Å². The number of aromatic nitrogens is 6. The third-order valence-corrected chi connectivity index (χ3v) is 6.53. The standard InChI is InChI=1S/C23H29N7O4S/c1-5-6-10-28-19-18(20(32)26-23(28)34)29(12-13(2)3)16(25-19)7-8-17(31)27-30-14(4)24-21-15(22(30)33)9-11-35-21/h9,11,13H,5-8,10,12H2,1-4H3,(H,27,31)(H,26,32,34). The van der Waals surface area contributed by atoms with Crippen molar-refractivity contribution in [1.29, 1.82) is 0 Å². The molecule has 0 unspecified atom stereocenters. The van der Waals surface area contributed by atoms with Crippen molar-refractivity contribution < 1.29 is 4.79 Å². The number of aryl methyl sites for hydroxylation is 3. The Hall–Kier alpha value is -3.54. The average molecular weight is 500 g/mol. The van der Waals surface area contributed by atoms with E-state index in [-0.39, 0.29) is 30.2 Å². The number of thiophene rings is 1. The highest BCUT2D eigenvalue weighted by Gasteiger charge is 2.20. The molecule has 0 aromatic carbocycles. The Morgan fingerprint density at radius 3 is 2.69 bits per heavy atom. The molecule has 0 aliphatic rings. The molecule has 186 valence electrons. The van der Waals surface area contributed by atoms with Crippen LogP contribution in [-0.2, 0) is 24.3 Å². The first-order valence-corrected chi connectivity index (χ1v) is 12.6. The van der Waals surface area contributed by atoms with Crippen LogP contribution in [0.1, 0.15) is 51.7 Å². The first-order valence-electron chi connectivity index (χ1n) is 11.7. The highest BCUT2D eigenvalue weighted by atomic mass is 32.1. The molecule has 4 aromatic rings. The van der Waals surface area contributed by atoms with Gasteiger partial charge in [-0.05, 0) is 30.7 Å². The number of H-pyrrole nitrogens is 1. The Kier molecular flexibility index (Phi) is 7.01. The monoisotopic (exact) mass is 499 g/mol. The highest BCUT2D eigenvalue weighted by Crippen LogP contribution is 2.17. The number of amides is 1. The van der Waals surface area contributed by atoms with E-state index in [0.29, 0.717) is 46.1 Å². The van der Waals surface area contributed by atoms with E-state index in [2.05, 4.69) is 20.4 Å². The second-order valence-electron chi connectivity index (χ2n) is 8.94. The molecule has 4 rings (SSSR count). The minimum absolute atomic E-state index is 0.0338. The Morgan fingerprint density at radius 1 is 1.20 bits per heavy atom. The van der Waals surface area contributed by atoms with Crippen molar-refractivity contribution in [3.63, 3.8) is 0 Å². The molecular formula is C23H29N7O4S. The molecule has 12 heteroatoms. The zero-order chi connectivity index (χ0) is 25.3. The number of aromatic amines is 1. The summed E-state index contributed by atoms with van der Waals surface area (Å²) in [4.78, 5) is 62.8. The van der Waals surface area contributed by atoms with Crippen LogP contribution in [-0.4, -0.2) is 34.7 Å². The number of nitrogens with one attached hydrogen (secondary N) is 2. The summed E-state index contributed by atoms with van der Waals surface area (Å²) in [6, 6.07) is 1.68. The van der Waals surface area contributed by atoms with Crippen LogP contribution in [0.2, 0.25) is 0 Å². The van der Waals surface area contributed by atoms with Crippen molar-refractivity contribution >= 4 is 38.6 Å². The molecule has 35 heavy (non-hydrogen) atoms. The van der Waals surface area contributed by atoms with Gasteiger partial charge in [-0.2, -0.15) is 0 Å².